The summed E-state index contributed by atoms with van der Waals surface area (Å²) in [4.78, 5) is 0. The van der Waals surface area contributed by atoms with Crippen molar-refractivity contribution in [2.24, 2.45) is 0 Å². The summed E-state index contributed by atoms with van der Waals surface area (Å²) < 4.78 is 0. The van der Waals surface area contributed by atoms with Crippen LogP contribution in [-0.4, -0.2) is 13.1 Å². The smallest absolute Gasteiger partial charge is 0.00489 e. The lowest BCUT2D eigenvalue weighted by molar-refractivity contribution is 0.563. The third-order valence-electron chi connectivity index (χ3n) is 2.41. The second kappa shape index (κ2) is 19.5. The quantitative estimate of drug-likeness (QED) is 0.518. The van der Waals surface area contributed by atoms with Gasteiger partial charge >= 0.3 is 0 Å². The molecule has 0 rings (SSSR count). The standard InChI is InChI=1S/C12H27N.C2H6/c1-3-5-7-8-9-10-12-13-11-6-4-2;1-2/h13H,3-12H2,1-2H3;1-2H3. The minimum Gasteiger partial charge on any atom is -0.317 e. The van der Waals surface area contributed by atoms with Gasteiger partial charge in [0.2, 0.25) is 0 Å². The van der Waals surface area contributed by atoms with Crippen LogP contribution in [0.3, 0.4) is 0 Å². The fourth-order valence-corrected chi connectivity index (χ4v) is 1.46. The largest absolute Gasteiger partial charge is 0.317 e. The summed E-state index contributed by atoms with van der Waals surface area (Å²) in [5.74, 6) is 0. The van der Waals surface area contributed by atoms with Crippen molar-refractivity contribution < 1.29 is 0 Å². The lowest BCUT2D eigenvalue weighted by Gasteiger charge is -2.03. The van der Waals surface area contributed by atoms with Gasteiger partial charge in [0.15, 0.2) is 0 Å². The van der Waals surface area contributed by atoms with E-state index in [9.17, 15) is 0 Å². The minimum atomic E-state index is 1.21. The van der Waals surface area contributed by atoms with Crippen LogP contribution in [-0.2, 0) is 0 Å². The van der Waals surface area contributed by atoms with E-state index in [1.165, 1.54) is 64.5 Å². The zero-order valence-corrected chi connectivity index (χ0v) is 11.6. The van der Waals surface area contributed by atoms with Crippen molar-refractivity contribution in [3.63, 3.8) is 0 Å². The SMILES string of the molecule is CC.CCCCCCCCNCCCC. The molecule has 0 aliphatic rings. The van der Waals surface area contributed by atoms with Gasteiger partial charge < -0.3 is 5.32 Å². The summed E-state index contributed by atoms with van der Waals surface area (Å²) >= 11 is 0. The van der Waals surface area contributed by atoms with Gasteiger partial charge in [-0.1, -0.05) is 66.2 Å². The summed E-state index contributed by atoms with van der Waals surface area (Å²) in [5, 5.41) is 3.48. The summed E-state index contributed by atoms with van der Waals surface area (Å²) in [5.41, 5.74) is 0. The summed E-state index contributed by atoms with van der Waals surface area (Å²) in [6.45, 7) is 11.0. The lowest BCUT2D eigenvalue weighted by atomic mass is 10.1. The van der Waals surface area contributed by atoms with E-state index in [4.69, 9.17) is 0 Å². The molecule has 0 aliphatic heterocycles. The zero-order chi connectivity index (χ0) is 11.8. The Bertz CT molecular complexity index is 71.4. The molecule has 0 bridgehead atoms. The summed E-state index contributed by atoms with van der Waals surface area (Å²) in [7, 11) is 0. The van der Waals surface area contributed by atoms with Crippen LogP contribution in [0.4, 0.5) is 0 Å². The minimum absolute atomic E-state index is 1.21. The van der Waals surface area contributed by atoms with Gasteiger partial charge in [0.05, 0.1) is 0 Å². The highest BCUT2D eigenvalue weighted by Gasteiger charge is 1.89. The highest BCUT2D eigenvalue weighted by atomic mass is 14.8. The third kappa shape index (κ3) is 20.1. The van der Waals surface area contributed by atoms with E-state index in [1.807, 2.05) is 13.8 Å². The third-order valence-corrected chi connectivity index (χ3v) is 2.41. The van der Waals surface area contributed by atoms with Gasteiger partial charge in [0, 0.05) is 0 Å². The number of nitrogens with one attached hydrogen (secondary N) is 1. The Morgan fingerprint density at radius 2 is 1.07 bits per heavy atom. The average Bonchev–Trinajstić information content (AvgIpc) is 2.30. The van der Waals surface area contributed by atoms with E-state index in [0.29, 0.717) is 0 Å². The molecule has 0 amide bonds. The molecule has 1 nitrogen and oxygen atoms in total. The Kier molecular flexibility index (Phi) is 22.6. The Labute approximate surface area is 98.0 Å². The van der Waals surface area contributed by atoms with Crippen LogP contribution in [0.2, 0.25) is 0 Å². The first kappa shape index (κ1) is 17.4. The molecular weight excluding hydrogens is 182 g/mol. The molecular formula is C14H33N. The highest BCUT2D eigenvalue weighted by Crippen LogP contribution is 2.03. The van der Waals surface area contributed by atoms with E-state index in [2.05, 4.69) is 19.2 Å². The maximum Gasteiger partial charge on any atom is -0.00489 e. The lowest BCUT2D eigenvalue weighted by Crippen LogP contribution is -2.16. The molecule has 0 fully saturated rings. The molecule has 0 saturated carbocycles. The first-order valence-corrected chi connectivity index (χ1v) is 7.12. The molecule has 0 aromatic heterocycles. The first-order chi connectivity index (χ1) is 7.41. The number of hydrogen-bond donors (Lipinski definition) is 1. The van der Waals surface area contributed by atoms with Crippen molar-refractivity contribution >= 4 is 0 Å². The summed E-state index contributed by atoms with van der Waals surface area (Å²) in [6, 6.07) is 0. The van der Waals surface area contributed by atoms with Gasteiger partial charge in [-0.15, -0.1) is 0 Å². The van der Waals surface area contributed by atoms with Gasteiger partial charge in [-0.25, -0.2) is 0 Å². The first-order valence-electron chi connectivity index (χ1n) is 7.12. The summed E-state index contributed by atoms with van der Waals surface area (Å²) in [6.07, 6.45) is 11.1. The maximum absolute atomic E-state index is 3.48. The fraction of sp³-hybridized carbons (Fsp3) is 1.00. The van der Waals surface area contributed by atoms with E-state index in [1.54, 1.807) is 0 Å². The molecule has 0 aromatic rings. The molecule has 0 saturated heterocycles. The van der Waals surface area contributed by atoms with Crippen molar-refractivity contribution in [3.05, 3.63) is 0 Å². The van der Waals surface area contributed by atoms with Gasteiger partial charge in [0.1, 0.15) is 0 Å². The molecule has 0 radical (unpaired) electrons. The van der Waals surface area contributed by atoms with Crippen LogP contribution in [0.25, 0.3) is 0 Å². The Morgan fingerprint density at radius 3 is 1.67 bits per heavy atom. The fourth-order valence-electron chi connectivity index (χ4n) is 1.46. The van der Waals surface area contributed by atoms with Crippen LogP contribution in [0.15, 0.2) is 0 Å². The van der Waals surface area contributed by atoms with Gasteiger partial charge in [0.25, 0.3) is 0 Å². The molecule has 0 atom stereocenters. The Morgan fingerprint density at radius 1 is 0.600 bits per heavy atom. The van der Waals surface area contributed by atoms with Gasteiger partial charge in [-0.05, 0) is 25.9 Å². The topological polar surface area (TPSA) is 12.0 Å². The zero-order valence-electron chi connectivity index (χ0n) is 11.6. The number of unbranched alkanes of at least 4 members (excludes halogenated alkanes) is 6. The molecule has 1 heteroatoms. The van der Waals surface area contributed by atoms with Crippen molar-refractivity contribution in [2.45, 2.75) is 79.1 Å². The normalized spacial score (nSPS) is 9.60. The molecule has 94 valence electrons. The number of rotatable bonds is 10. The van der Waals surface area contributed by atoms with E-state index in [-0.39, 0.29) is 0 Å². The molecule has 0 unspecified atom stereocenters. The Balaban J connectivity index is 0. The van der Waals surface area contributed by atoms with Gasteiger partial charge in [-0.3, -0.25) is 0 Å². The highest BCUT2D eigenvalue weighted by molar-refractivity contribution is 4.49. The van der Waals surface area contributed by atoms with Crippen molar-refractivity contribution in [3.8, 4) is 0 Å². The Hall–Kier alpha value is -0.0400. The van der Waals surface area contributed by atoms with Crippen LogP contribution < -0.4 is 5.32 Å². The molecule has 0 spiro atoms. The molecule has 0 heterocycles. The van der Waals surface area contributed by atoms with Crippen LogP contribution in [0.5, 0.6) is 0 Å². The van der Waals surface area contributed by atoms with E-state index >= 15 is 0 Å². The number of hydrogen-bond acceptors (Lipinski definition) is 1. The van der Waals surface area contributed by atoms with Crippen molar-refractivity contribution in [1.82, 2.24) is 5.32 Å². The predicted octanol–water partition coefficient (Wildman–Crippen LogP) is 4.76. The van der Waals surface area contributed by atoms with Gasteiger partial charge in [-0.2, -0.15) is 0 Å². The van der Waals surface area contributed by atoms with Crippen molar-refractivity contribution in [2.75, 3.05) is 13.1 Å². The monoisotopic (exact) mass is 215 g/mol. The average molecular weight is 215 g/mol. The van der Waals surface area contributed by atoms with Crippen molar-refractivity contribution in [1.29, 1.82) is 0 Å². The van der Waals surface area contributed by atoms with Crippen LogP contribution >= 0.6 is 0 Å². The second-order valence-electron chi connectivity index (χ2n) is 3.87. The van der Waals surface area contributed by atoms with Crippen LogP contribution in [0, 0.1) is 0 Å². The molecule has 15 heavy (non-hydrogen) atoms. The predicted molar refractivity (Wildman–Crippen MR) is 72.5 cm³/mol. The second-order valence-corrected chi connectivity index (χ2v) is 3.87. The van der Waals surface area contributed by atoms with E-state index < -0.39 is 0 Å². The van der Waals surface area contributed by atoms with E-state index in [0.717, 1.165) is 0 Å². The molecule has 0 aliphatic carbocycles. The molecule has 0 aromatic carbocycles. The van der Waals surface area contributed by atoms with Crippen LogP contribution in [0.1, 0.15) is 79.1 Å². The molecule has 1 N–H and O–H groups in total. The maximum atomic E-state index is 3.48.